The Balaban J connectivity index is 1.60. The molecule has 1 heterocycles. The minimum Gasteiger partial charge on any atom is -0.354 e. The average molecular weight is 278 g/mol. The van der Waals surface area contributed by atoms with E-state index in [-0.39, 0.29) is 24.3 Å². The van der Waals surface area contributed by atoms with Crippen LogP contribution in [0.4, 0.5) is 0 Å². The molecular formula is C16H26N2O2. The fourth-order valence-electron chi connectivity index (χ4n) is 4.35. The Kier molecular flexibility index (Phi) is 4.27. The number of hydrogen-bond donors (Lipinski definition) is 1. The van der Waals surface area contributed by atoms with Crippen molar-refractivity contribution in [2.75, 3.05) is 19.6 Å². The fraction of sp³-hybridized carbons (Fsp3) is 0.875. The summed E-state index contributed by atoms with van der Waals surface area (Å²) in [6.07, 6.45) is 9.63. The summed E-state index contributed by atoms with van der Waals surface area (Å²) >= 11 is 0. The maximum atomic E-state index is 12.7. The van der Waals surface area contributed by atoms with E-state index in [0.29, 0.717) is 6.54 Å². The molecule has 3 unspecified atom stereocenters. The lowest BCUT2D eigenvalue weighted by Gasteiger charge is -2.40. The molecule has 1 saturated heterocycles. The summed E-state index contributed by atoms with van der Waals surface area (Å²) < 4.78 is 0. The van der Waals surface area contributed by atoms with Crippen LogP contribution in [0.5, 0.6) is 0 Å². The molecule has 1 aliphatic heterocycles. The van der Waals surface area contributed by atoms with E-state index in [1.165, 1.54) is 32.1 Å². The first-order valence-corrected chi connectivity index (χ1v) is 8.29. The molecule has 0 bridgehead atoms. The number of carbonyl (C=O) groups excluding carboxylic acids is 2. The highest BCUT2D eigenvalue weighted by molar-refractivity contribution is 5.86. The van der Waals surface area contributed by atoms with Crippen molar-refractivity contribution in [3.8, 4) is 0 Å². The second-order valence-electron chi connectivity index (χ2n) is 6.78. The number of fused-ring (bicyclic) bond motifs is 1. The van der Waals surface area contributed by atoms with Crippen LogP contribution in [-0.4, -0.2) is 36.3 Å². The lowest BCUT2D eigenvalue weighted by Crippen LogP contribution is -2.43. The molecule has 2 saturated carbocycles. The summed E-state index contributed by atoms with van der Waals surface area (Å²) in [5, 5.41) is 2.84. The Hall–Kier alpha value is -1.06. The molecule has 0 aromatic carbocycles. The van der Waals surface area contributed by atoms with Gasteiger partial charge in [0.25, 0.3) is 0 Å². The maximum absolute atomic E-state index is 12.7. The van der Waals surface area contributed by atoms with E-state index in [0.717, 1.165) is 37.6 Å². The highest BCUT2D eigenvalue weighted by atomic mass is 16.2. The molecule has 2 amide bonds. The van der Waals surface area contributed by atoms with Gasteiger partial charge >= 0.3 is 0 Å². The number of rotatable bonds is 1. The van der Waals surface area contributed by atoms with Gasteiger partial charge in [0.1, 0.15) is 0 Å². The molecule has 0 radical (unpaired) electrons. The molecule has 3 rings (SSSR count). The van der Waals surface area contributed by atoms with E-state index in [1.807, 2.05) is 0 Å². The minimum absolute atomic E-state index is 0.00204. The molecule has 0 aromatic rings. The zero-order valence-electron chi connectivity index (χ0n) is 12.3. The quantitative estimate of drug-likeness (QED) is 0.797. The smallest absolute Gasteiger partial charge is 0.239 e. The fourth-order valence-corrected chi connectivity index (χ4v) is 4.35. The zero-order valence-corrected chi connectivity index (χ0v) is 12.3. The third-order valence-corrected chi connectivity index (χ3v) is 5.46. The largest absolute Gasteiger partial charge is 0.354 e. The van der Waals surface area contributed by atoms with Gasteiger partial charge in [0.05, 0.1) is 6.54 Å². The summed E-state index contributed by atoms with van der Waals surface area (Å²) in [5.41, 5.74) is 0. The standard InChI is InChI=1S/C16H26N2O2/c19-15-11-18(9-3-8-17-15)16(20)14-7-6-12-4-1-2-5-13(12)10-14/h12-14H,1-11H2,(H,17,19). The van der Waals surface area contributed by atoms with Gasteiger partial charge in [0, 0.05) is 19.0 Å². The molecular weight excluding hydrogens is 252 g/mol. The van der Waals surface area contributed by atoms with Crippen molar-refractivity contribution in [3.63, 3.8) is 0 Å². The van der Waals surface area contributed by atoms with Gasteiger partial charge in [-0.15, -0.1) is 0 Å². The molecule has 20 heavy (non-hydrogen) atoms. The molecule has 3 atom stereocenters. The van der Waals surface area contributed by atoms with Crippen LogP contribution in [-0.2, 0) is 9.59 Å². The van der Waals surface area contributed by atoms with Crippen molar-refractivity contribution in [2.24, 2.45) is 17.8 Å². The van der Waals surface area contributed by atoms with Crippen LogP contribution in [0.15, 0.2) is 0 Å². The molecule has 2 aliphatic carbocycles. The molecule has 3 fully saturated rings. The summed E-state index contributed by atoms with van der Waals surface area (Å²) in [5.74, 6) is 2.07. The van der Waals surface area contributed by atoms with Gasteiger partial charge in [-0.2, -0.15) is 0 Å². The second-order valence-corrected chi connectivity index (χ2v) is 6.78. The predicted molar refractivity (Wildman–Crippen MR) is 77.0 cm³/mol. The van der Waals surface area contributed by atoms with Crippen molar-refractivity contribution < 1.29 is 9.59 Å². The molecule has 0 aromatic heterocycles. The number of hydrogen-bond acceptors (Lipinski definition) is 2. The summed E-state index contributed by atoms with van der Waals surface area (Å²) in [4.78, 5) is 26.1. The third kappa shape index (κ3) is 2.99. The Morgan fingerprint density at radius 3 is 2.70 bits per heavy atom. The monoisotopic (exact) mass is 278 g/mol. The SMILES string of the molecule is O=C1CN(C(=O)C2CCC3CCCCC3C2)CCCN1. The highest BCUT2D eigenvalue weighted by Gasteiger charge is 2.37. The summed E-state index contributed by atoms with van der Waals surface area (Å²) in [7, 11) is 0. The van der Waals surface area contributed by atoms with Crippen molar-refractivity contribution >= 4 is 11.8 Å². The van der Waals surface area contributed by atoms with Gasteiger partial charge < -0.3 is 10.2 Å². The molecule has 4 nitrogen and oxygen atoms in total. The van der Waals surface area contributed by atoms with Gasteiger partial charge in [-0.05, 0) is 37.5 Å². The summed E-state index contributed by atoms with van der Waals surface area (Å²) in [6.45, 7) is 1.71. The maximum Gasteiger partial charge on any atom is 0.239 e. The highest BCUT2D eigenvalue weighted by Crippen LogP contribution is 2.43. The summed E-state index contributed by atoms with van der Waals surface area (Å²) in [6, 6.07) is 0. The minimum atomic E-state index is 0.00204. The lowest BCUT2D eigenvalue weighted by atomic mass is 9.67. The van der Waals surface area contributed by atoms with Gasteiger partial charge in [-0.3, -0.25) is 9.59 Å². The van der Waals surface area contributed by atoms with Crippen LogP contribution < -0.4 is 5.32 Å². The molecule has 112 valence electrons. The number of nitrogens with zero attached hydrogens (tertiary/aromatic N) is 1. The second kappa shape index (κ2) is 6.15. The van der Waals surface area contributed by atoms with Crippen LogP contribution in [0.25, 0.3) is 0 Å². The van der Waals surface area contributed by atoms with E-state index < -0.39 is 0 Å². The Bertz CT molecular complexity index is 383. The Labute approximate surface area is 121 Å². The predicted octanol–water partition coefficient (Wildman–Crippen LogP) is 1.94. The first-order valence-electron chi connectivity index (χ1n) is 8.29. The number of amides is 2. The zero-order chi connectivity index (χ0) is 13.9. The molecule has 0 spiro atoms. The Morgan fingerprint density at radius 1 is 1.05 bits per heavy atom. The van der Waals surface area contributed by atoms with Crippen molar-refractivity contribution in [1.29, 1.82) is 0 Å². The normalized spacial score (nSPS) is 34.9. The third-order valence-electron chi connectivity index (χ3n) is 5.46. The van der Waals surface area contributed by atoms with Crippen molar-refractivity contribution in [2.45, 2.75) is 51.4 Å². The first-order chi connectivity index (χ1) is 9.74. The molecule has 4 heteroatoms. The van der Waals surface area contributed by atoms with Gasteiger partial charge in [-0.1, -0.05) is 25.7 Å². The van der Waals surface area contributed by atoms with E-state index in [2.05, 4.69) is 5.32 Å². The first kappa shape index (κ1) is 13.9. The van der Waals surface area contributed by atoms with Crippen molar-refractivity contribution in [1.82, 2.24) is 10.2 Å². The van der Waals surface area contributed by atoms with E-state index in [9.17, 15) is 9.59 Å². The van der Waals surface area contributed by atoms with Crippen LogP contribution in [0.3, 0.4) is 0 Å². The van der Waals surface area contributed by atoms with Gasteiger partial charge in [0.2, 0.25) is 11.8 Å². The number of carbonyl (C=O) groups is 2. The van der Waals surface area contributed by atoms with E-state index in [4.69, 9.17) is 0 Å². The van der Waals surface area contributed by atoms with Crippen LogP contribution >= 0.6 is 0 Å². The number of nitrogens with one attached hydrogen (secondary N) is 1. The van der Waals surface area contributed by atoms with E-state index >= 15 is 0 Å². The Morgan fingerprint density at radius 2 is 1.85 bits per heavy atom. The van der Waals surface area contributed by atoms with Gasteiger partial charge in [-0.25, -0.2) is 0 Å². The van der Waals surface area contributed by atoms with Crippen LogP contribution in [0, 0.1) is 17.8 Å². The van der Waals surface area contributed by atoms with Crippen molar-refractivity contribution in [3.05, 3.63) is 0 Å². The average Bonchev–Trinajstić information content (AvgIpc) is 2.70. The van der Waals surface area contributed by atoms with Crippen LogP contribution in [0.2, 0.25) is 0 Å². The molecule has 3 aliphatic rings. The van der Waals surface area contributed by atoms with E-state index in [1.54, 1.807) is 4.90 Å². The topological polar surface area (TPSA) is 49.4 Å². The van der Waals surface area contributed by atoms with Gasteiger partial charge in [0.15, 0.2) is 0 Å². The van der Waals surface area contributed by atoms with Crippen LogP contribution in [0.1, 0.15) is 51.4 Å². The lowest BCUT2D eigenvalue weighted by molar-refractivity contribution is -0.140. The molecule has 1 N–H and O–H groups in total.